The third-order valence-electron chi connectivity index (χ3n) is 6.45. The number of aryl methyl sites for hydroxylation is 1. The van der Waals surface area contributed by atoms with Crippen molar-refractivity contribution in [2.24, 2.45) is 0 Å². The molecule has 0 amide bonds. The Labute approximate surface area is 206 Å². The van der Waals surface area contributed by atoms with E-state index in [4.69, 9.17) is 27.4 Å². The third-order valence-corrected chi connectivity index (χ3v) is 9.19. The van der Waals surface area contributed by atoms with Crippen molar-refractivity contribution in [2.75, 3.05) is 13.7 Å². The number of aromatic nitrogens is 2. The second kappa shape index (κ2) is 8.40. The van der Waals surface area contributed by atoms with Crippen molar-refractivity contribution in [3.05, 3.63) is 104 Å². The fourth-order valence-electron chi connectivity index (χ4n) is 4.59. The number of nitrogens with zero attached hydrogens (tertiary/aromatic N) is 1. The summed E-state index contributed by atoms with van der Waals surface area (Å²) in [6.07, 6.45) is 0.0697. The first kappa shape index (κ1) is 23.1. The second-order valence-corrected chi connectivity index (χ2v) is 11.5. The van der Waals surface area contributed by atoms with Gasteiger partial charge in [-0.25, -0.2) is 0 Å². The Balaban J connectivity index is 1.35. The van der Waals surface area contributed by atoms with Crippen molar-refractivity contribution in [1.29, 1.82) is 0 Å². The maximum absolute atomic E-state index is 12.4. The molecule has 0 saturated carbocycles. The van der Waals surface area contributed by atoms with Gasteiger partial charge in [-0.05, 0) is 0 Å². The third kappa shape index (κ3) is 3.70. The molecule has 4 heterocycles. The summed E-state index contributed by atoms with van der Waals surface area (Å²) in [5.74, 6) is 0.894. The van der Waals surface area contributed by atoms with Gasteiger partial charge in [-0.3, -0.25) is 0 Å². The molecule has 1 aromatic heterocycles. The first-order valence-corrected chi connectivity index (χ1v) is 13.4. The van der Waals surface area contributed by atoms with E-state index >= 15 is 0 Å². The Hall–Kier alpha value is -3.27. The molecule has 3 atom stereocenters. The summed E-state index contributed by atoms with van der Waals surface area (Å²) in [6.45, 7) is 1.69. The summed E-state index contributed by atoms with van der Waals surface area (Å²) in [5.41, 5.74) is 0.961. The summed E-state index contributed by atoms with van der Waals surface area (Å²) in [5, 5.41) is 0. The van der Waals surface area contributed by atoms with Gasteiger partial charge in [0.1, 0.15) is 0 Å². The van der Waals surface area contributed by atoms with Crippen LogP contribution in [0.2, 0.25) is 0 Å². The maximum atomic E-state index is 12.4. The SMILES string of the molecule is COP12(OC[C@H]3O[C@@H](n4cc(C)c(=O)[nH]c4=O)C[C@@H]3O1)OC(c1ccccc1)=C(c1ccccc1)O2. The molecule has 3 aliphatic heterocycles. The van der Waals surface area contributed by atoms with Crippen LogP contribution in [0.5, 0.6) is 0 Å². The first-order chi connectivity index (χ1) is 17.4. The van der Waals surface area contributed by atoms with Crippen molar-refractivity contribution in [1.82, 2.24) is 9.55 Å². The van der Waals surface area contributed by atoms with Gasteiger partial charge in [-0.15, -0.1) is 0 Å². The van der Waals surface area contributed by atoms with E-state index in [1.807, 2.05) is 60.7 Å². The van der Waals surface area contributed by atoms with Crippen LogP contribution in [0.4, 0.5) is 0 Å². The molecule has 0 aliphatic carbocycles. The molecule has 2 aromatic carbocycles. The van der Waals surface area contributed by atoms with Gasteiger partial charge in [0.25, 0.3) is 0 Å². The van der Waals surface area contributed by atoms with Crippen molar-refractivity contribution in [3.63, 3.8) is 0 Å². The van der Waals surface area contributed by atoms with E-state index in [0.717, 1.165) is 11.1 Å². The van der Waals surface area contributed by atoms with Gasteiger partial charge < -0.3 is 0 Å². The molecule has 3 aromatic rings. The van der Waals surface area contributed by atoms with Crippen LogP contribution < -0.4 is 11.2 Å². The molecule has 11 heteroatoms. The van der Waals surface area contributed by atoms with E-state index in [1.54, 1.807) is 6.92 Å². The number of hydrogen-bond acceptors (Lipinski definition) is 8. The molecule has 0 radical (unpaired) electrons. The summed E-state index contributed by atoms with van der Waals surface area (Å²) < 4.78 is 38.8. The van der Waals surface area contributed by atoms with E-state index in [0.29, 0.717) is 23.5 Å². The van der Waals surface area contributed by atoms with E-state index in [-0.39, 0.29) is 6.61 Å². The van der Waals surface area contributed by atoms with Gasteiger partial charge in [0.15, 0.2) is 0 Å². The van der Waals surface area contributed by atoms with Crippen LogP contribution >= 0.6 is 7.74 Å². The zero-order valence-corrected chi connectivity index (χ0v) is 20.6. The predicted octanol–water partition coefficient (Wildman–Crippen LogP) is 3.90. The summed E-state index contributed by atoms with van der Waals surface area (Å²) in [7, 11) is -3.16. The Morgan fingerprint density at radius 2 is 1.56 bits per heavy atom. The monoisotopic (exact) mass is 512 g/mol. The van der Waals surface area contributed by atoms with E-state index in [9.17, 15) is 9.59 Å². The molecular weight excluding hydrogens is 487 g/mol. The van der Waals surface area contributed by atoms with Gasteiger partial charge in [-0.2, -0.15) is 0 Å². The van der Waals surface area contributed by atoms with Crippen molar-refractivity contribution in [3.8, 4) is 0 Å². The fraction of sp³-hybridized carbons (Fsp3) is 0.280. The van der Waals surface area contributed by atoms with Crippen LogP contribution in [0.1, 0.15) is 29.3 Å². The van der Waals surface area contributed by atoms with Crippen molar-refractivity contribution < 1.29 is 27.4 Å². The van der Waals surface area contributed by atoms with Gasteiger partial charge in [0, 0.05) is 0 Å². The molecule has 188 valence electrons. The topological polar surface area (TPSA) is 110 Å². The zero-order chi connectivity index (χ0) is 24.9. The van der Waals surface area contributed by atoms with Gasteiger partial charge in [0.05, 0.1) is 0 Å². The van der Waals surface area contributed by atoms with E-state index < -0.39 is 37.4 Å². The molecule has 2 fully saturated rings. The average Bonchev–Trinajstić information content (AvgIpc) is 3.47. The molecule has 0 bridgehead atoms. The minimum absolute atomic E-state index is 0.0635. The minimum atomic E-state index is -4.59. The number of ether oxygens (including phenoxy) is 1. The average molecular weight is 512 g/mol. The van der Waals surface area contributed by atoms with Crippen LogP contribution in [0.3, 0.4) is 0 Å². The molecule has 6 rings (SSSR count). The molecular formula is C25H25N2O8P. The summed E-state index contributed by atoms with van der Waals surface area (Å²) >= 11 is 0. The number of fused-ring (bicyclic) bond motifs is 1. The van der Waals surface area contributed by atoms with Crippen LogP contribution in [-0.4, -0.2) is 35.5 Å². The number of H-pyrrole nitrogens is 1. The molecule has 3 aliphatic rings. The first-order valence-electron chi connectivity index (χ1n) is 11.5. The molecule has 1 spiro atoms. The Bertz CT molecular complexity index is 1400. The zero-order valence-electron chi connectivity index (χ0n) is 19.7. The predicted molar refractivity (Wildman–Crippen MR) is 131 cm³/mol. The quantitative estimate of drug-likeness (QED) is 0.525. The Morgan fingerprint density at radius 3 is 2.14 bits per heavy atom. The number of rotatable bonds is 4. The molecule has 0 unspecified atom stereocenters. The summed E-state index contributed by atoms with van der Waals surface area (Å²) in [4.78, 5) is 26.5. The number of aromatic amines is 1. The molecule has 10 nitrogen and oxygen atoms in total. The molecule has 36 heavy (non-hydrogen) atoms. The Kier molecular flexibility index (Phi) is 5.40. The number of hydrogen-bond donors (Lipinski definition) is 1. The van der Waals surface area contributed by atoms with Crippen LogP contribution in [-0.2, 0) is 27.4 Å². The van der Waals surface area contributed by atoms with E-state index in [1.165, 1.54) is 17.9 Å². The van der Waals surface area contributed by atoms with Crippen molar-refractivity contribution >= 4 is 19.3 Å². The van der Waals surface area contributed by atoms with Gasteiger partial charge in [0.2, 0.25) is 0 Å². The number of benzene rings is 2. The molecule has 1 N–H and O–H groups in total. The van der Waals surface area contributed by atoms with Crippen LogP contribution in [0.15, 0.2) is 76.4 Å². The molecule has 2 saturated heterocycles. The van der Waals surface area contributed by atoms with Crippen molar-refractivity contribution in [2.45, 2.75) is 31.8 Å². The van der Waals surface area contributed by atoms with E-state index in [2.05, 4.69) is 4.98 Å². The Morgan fingerprint density at radius 1 is 0.944 bits per heavy atom. The normalized spacial score (nSPS) is 27.1. The fourth-order valence-corrected chi connectivity index (χ4v) is 7.25. The van der Waals surface area contributed by atoms with Gasteiger partial charge >= 0.3 is 206 Å². The van der Waals surface area contributed by atoms with Crippen LogP contribution in [0, 0.1) is 6.92 Å². The van der Waals surface area contributed by atoms with Crippen LogP contribution in [0.25, 0.3) is 11.5 Å². The number of nitrogens with one attached hydrogen (secondary N) is 1. The second-order valence-electron chi connectivity index (χ2n) is 8.78. The standard InChI is InChI=1S/C25H25N2O8P/c1-16-14-27(25(29)26-24(16)28)21-13-19-20(32-21)15-31-36(30-2,33-19)34-22(17-9-5-3-6-10-17)23(35-36)18-11-7-4-8-12-18/h3-12,14,19-21H,13,15H2,1-2H3,(H,26,28,29)/t19-,20+,21+/m0/s1. The van der Waals surface area contributed by atoms with Gasteiger partial charge in [-0.1, -0.05) is 0 Å². The summed E-state index contributed by atoms with van der Waals surface area (Å²) in [6, 6.07) is 19.0.